The number of alkyl halides is 1. The summed E-state index contributed by atoms with van der Waals surface area (Å²) in [5, 5.41) is 9.40. The van der Waals surface area contributed by atoms with Gasteiger partial charge in [0.05, 0.1) is 21.6 Å². The van der Waals surface area contributed by atoms with Crippen molar-refractivity contribution in [2.75, 3.05) is 19.0 Å². The summed E-state index contributed by atoms with van der Waals surface area (Å²) in [6.45, 7) is 0.676. The summed E-state index contributed by atoms with van der Waals surface area (Å²) in [4.78, 5) is 3.91. The van der Waals surface area contributed by atoms with Crippen molar-refractivity contribution in [3.8, 4) is 6.07 Å². The Kier molecular flexibility index (Phi) is 5.09. The number of nitrogens with zero attached hydrogens (tertiary/aromatic N) is 3. The first-order chi connectivity index (χ1) is 10.7. The number of hydrogen-bond acceptors (Lipinski definition) is 5. The van der Waals surface area contributed by atoms with Crippen molar-refractivity contribution in [2.45, 2.75) is 30.1 Å². The molecule has 0 aliphatic carbocycles. The molecule has 2 N–H and O–H groups in total. The van der Waals surface area contributed by atoms with Gasteiger partial charge in [-0.15, -0.1) is 0 Å². The molecule has 1 aliphatic heterocycles. The molecule has 0 aromatic carbocycles. The SMILES string of the molecule is C[C@@]1(C#N)CCCN=[S@]1(=O)C[C@@](N)(CF)c1nc(Br)ccc1F. The highest BCUT2D eigenvalue weighted by Gasteiger charge is 2.46. The van der Waals surface area contributed by atoms with Crippen LogP contribution in [-0.4, -0.2) is 32.9 Å². The second kappa shape index (κ2) is 6.42. The Balaban J connectivity index is 2.54. The molecule has 0 saturated heterocycles. The average Bonchev–Trinajstić information content (AvgIpc) is 2.52. The van der Waals surface area contributed by atoms with Crippen LogP contribution in [0.5, 0.6) is 0 Å². The molecule has 126 valence electrons. The van der Waals surface area contributed by atoms with Crippen LogP contribution in [0, 0.1) is 17.1 Å². The topological polar surface area (TPSA) is 92.1 Å². The maximum absolute atomic E-state index is 14.1. The summed E-state index contributed by atoms with van der Waals surface area (Å²) < 4.78 is 44.2. The van der Waals surface area contributed by atoms with Gasteiger partial charge in [-0.1, -0.05) is 0 Å². The molecule has 1 aromatic heterocycles. The lowest BCUT2D eigenvalue weighted by atomic mass is 10.00. The van der Waals surface area contributed by atoms with Crippen LogP contribution in [0.25, 0.3) is 0 Å². The summed E-state index contributed by atoms with van der Waals surface area (Å²) >= 11 is 3.09. The molecular weight excluding hydrogens is 390 g/mol. The highest BCUT2D eigenvalue weighted by atomic mass is 79.9. The number of aromatic nitrogens is 1. The monoisotopic (exact) mass is 406 g/mol. The Morgan fingerprint density at radius 1 is 1.61 bits per heavy atom. The van der Waals surface area contributed by atoms with Crippen LogP contribution in [0.1, 0.15) is 25.5 Å². The highest BCUT2D eigenvalue weighted by molar-refractivity contribution is 9.10. The minimum atomic E-state index is -3.15. The second-order valence-electron chi connectivity index (χ2n) is 5.84. The van der Waals surface area contributed by atoms with E-state index in [-0.39, 0.29) is 10.3 Å². The molecular formula is C14H17BrF2N4OS. The Bertz CT molecular complexity index is 775. The zero-order chi connectivity index (χ0) is 17.3. The second-order valence-corrected chi connectivity index (χ2v) is 9.38. The quantitative estimate of drug-likeness (QED) is 0.777. The lowest BCUT2D eigenvalue weighted by Gasteiger charge is -2.35. The minimum Gasteiger partial charge on any atom is -0.317 e. The van der Waals surface area contributed by atoms with Gasteiger partial charge in [-0.25, -0.2) is 22.3 Å². The van der Waals surface area contributed by atoms with E-state index in [1.165, 1.54) is 13.0 Å². The molecule has 0 fully saturated rings. The fraction of sp³-hybridized carbons (Fsp3) is 0.571. The van der Waals surface area contributed by atoms with Gasteiger partial charge in [0.2, 0.25) is 0 Å². The Morgan fingerprint density at radius 3 is 2.91 bits per heavy atom. The van der Waals surface area contributed by atoms with E-state index in [2.05, 4.69) is 25.3 Å². The summed E-state index contributed by atoms with van der Waals surface area (Å²) in [7, 11) is -3.15. The number of rotatable bonds is 4. The predicted molar refractivity (Wildman–Crippen MR) is 87.3 cm³/mol. The van der Waals surface area contributed by atoms with Crippen LogP contribution >= 0.6 is 15.9 Å². The van der Waals surface area contributed by atoms with Crippen molar-refractivity contribution in [3.63, 3.8) is 0 Å². The number of halogens is 3. The van der Waals surface area contributed by atoms with E-state index >= 15 is 0 Å². The molecule has 0 saturated carbocycles. The largest absolute Gasteiger partial charge is 0.317 e. The normalized spacial score (nSPS) is 30.1. The lowest BCUT2D eigenvalue weighted by Crippen LogP contribution is -2.52. The van der Waals surface area contributed by atoms with Crippen molar-refractivity contribution in [3.05, 3.63) is 28.2 Å². The number of nitrogens with two attached hydrogens (primary N) is 1. The number of hydrogen-bond donors (Lipinski definition) is 1. The molecule has 0 radical (unpaired) electrons. The Hall–Kier alpha value is -1.11. The Labute approximate surface area is 142 Å². The molecule has 0 spiro atoms. The van der Waals surface area contributed by atoms with Gasteiger partial charge in [0, 0.05) is 6.54 Å². The first-order valence-corrected chi connectivity index (χ1v) is 9.46. The van der Waals surface area contributed by atoms with Crippen LogP contribution in [0.4, 0.5) is 8.78 Å². The molecule has 23 heavy (non-hydrogen) atoms. The van der Waals surface area contributed by atoms with Gasteiger partial charge in [0.15, 0.2) is 0 Å². The smallest absolute Gasteiger partial charge is 0.146 e. The maximum Gasteiger partial charge on any atom is 0.146 e. The molecule has 1 aliphatic rings. The standard InChI is InChI=1S/C14H17BrF2N4OS/c1-13(8-18)5-2-6-20-23(13,22)9-14(19,7-16)12-10(17)3-4-11(15)21-12/h3-4H,2,5-7,9,19H2,1H3/t13-,14-,23-/m0/s1. The van der Waals surface area contributed by atoms with Gasteiger partial charge in [0.1, 0.15) is 33.1 Å². The molecule has 2 rings (SSSR count). The van der Waals surface area contributed by atoms with Gasteiger partial charge in [-0.05, 0) is 47.8 Å². The van der Waals surface area contributed by atoms with Gasteiger partial charge in [-0.2, -0.15) is 5.26 Å². The van der Waals surface area contributed by atoms with Crippen molar-refractivity contribution in [1.82, 2.24) is 4.98 Å². The first-order valence-electron chi connectivity index (χ1n) is 6.98. The highest BCUT2D eigenvalue weighted by Crippen LogP contribution is 2.34. The van der Waals surface area contributed by atoms with Gasteiger partial charge in [-0.3, -0.25) is 0 Å². The van der Waals surface area contributed by atoms with E-state index in [0.29, 0.717) is 19.4 Å². The molecule has 0 unspecified atom stereocenters. The third-order valence-corrected chi connectivity index (χ3v) is 7.68. The first kappa shape index (κ1) is 18.2. The van der Waals surface area contributed by atoms with E-state index in [1.807, 2.05) is 6.07 Å². The van der Waals surface area contributed by atoms with Crippen molar-refractivity contribution < 1.29 is 13.0 Å². The van der Waals surface area contributed by atoms with Gasteiger partial charge in [0.25, 0.3) is 0 Å². The number of pyridine rings is 1. The summed E-state index contributed by atoms with van der Waals surface area (Å²) in [5.74, 6) is -1.24. The molecule has 5 nitrogen and oxygen atoms in total. The van der Waals surface area contributed by atoms with Crippen LogP contribution in [-0.2, 0) is 15.3 Å². The van der Waals surface area contributed by atoms with Gasteiger partial charge < -0.3 is 5.73 Å². The van der Waals surface area contributed by atoms with E-state index in [9.17, 15) is 18.3 Å². The van der Waals surface area contributed by atoms with Crippen LogP contribution < -0.4 is 5.73 Å². The van der Waals surface area contributed by atoms with Crippen LogP contribution in [0.3, 0.4) is 0 Å². The minimum absolute atomic E-state index is 0.288. The van der Waals surface area contributed by atoms with Crippen LogP contribution in [0.2, 0.25) is 0 Å². The van der Waals surface area contributed by atoms with Gasteiger partial charge >= 0.3 is 0 Å². The van der Waals surface area contributed by atoms with Crippen molar-refractivity contribution >= 4 is 25.7 Å². The summed E-state index contributed by atoms with van der Waals surface area (Å²) in [6.07, 6.45) is 1.00. The average molecular weight is 407 g/mol. The van der Waals surface area contributed by atoms with Crippen molar-refractivity contribution in [2.24, 2.45) is 10.1 Å². The molecule has 1 aromatic rings. The van der Waals surface area contributed by atoms with Crippen molar-refractivity contribution in [1.29, 1.82) is 5.26 Å². The molecule has 0 amide bonds. The zero-order valence-electron chi connectivity index (χ0n) is 12.6. The number of nitriles is 1. The zero-order valence-corrected chi connectivity index (χ0v) is 15.0. The fourth-order valence-electron chi connectivity index (χ4n) is 2.55. The predicted octanol–water partition coefficient (Wildman–Crippen LogP) is 2.65. The molecule has 2 heterocycles. The van der Waals surface area contributed by atoms with E-state index in [0.717, 1.165) is 6.07 Å². The molecule has 9 heteroatoms. The molecule has 3 atom stereocenters. The van der Waals surface area contributed by atoms with E-state index in [1.54, 1.807) is 0 Å². The summed E-state index contributed by atoms with van der Waals surface area (Å²) in [6, 6.07) is 4.50. The summed E-state index contributed by atoms with van der Waals surface area (Å²) in [5.41, 5.74) is 3.80. The third kappa shape index (κ3) is 3.25. The lowest BCUT2D eigenvalue weighted by molar-refractivity contribution is 0.319. The Morgan fingerprint density at radius 2 is 2.30 bits per heavy atom. The fourth-order valence-corrected chi connectivity index (χ4v) is 5.50. The van der Waals surface area contributed by atoms with E-state index in [4.69, 9.17) is 5.73 Å². The van der Waals surface area contributed by atoms with Crippen LogP contribution in [0.15, 0.2) is 21.1 Å². The maximum atomic E-state index is 14.1. The molecule has 0 bridgehead atoms. The van der Waals surface area contributed by atoms with E-state index < -0.39 is 38.3 Å². The third-order valence-electron chi connectivity index (χ3n) is 4.03.